The second kappa shape index (κ2) is 6.36. The molecule has 0 radical (unpaired) electrons. The van der Waals surface area contributed by atoms with Gasteiger partial charge in [-0.2, -0.15) is 0 Å². The number of halogens is 2. The van der Waals surface area contributed by atoms with Gasteiger partial charge in [0.25, 0.3) is 11.7 Å². The Labute approximate surface area is 169 Å². The molecule has 2 heterocycles. The summed E-state index contributed by atoms with van der Waals surface area (Å²) >= 11 is 8.80. The van der Waals surface area contributed by atoms with Gasteiger partial charge in [-0.1, -0.05) is 6.57 Å². The van der Waals surface area contributed by atoms with Crippen molar-refractivity contribution in [1.29, 1.82) is 0 Å². The van der Waals surface area contributed by atoms with E-state index >= 15 is 0 Å². The predicted molar refractivity (Wildman–Crippen MR) is 108 cm³/mol. The molecule has 8 heteroatoms. The Hall–Kier alpha value is -2.37. The summed E-state index contributed by atoms with van der Waals surface area (Å²) in [5.74, 6) is -0.241. The molecule has 1 aliphatic carbocycles. The molecule has 1 aliphatic heterocycles. The van der Waals surface area contributed by atoms with Crippen LogP contribution in [0.2, 0.25) is 0 Å². The number of carbonyl (C=O) groups excluding carboxylic acids is 1. The molecule has 1 saturated heterocycles. The molecule has 5 nitrogen and oxygen atoms in total. The van der Waals surface area contributed by atoms with E-state index in [1.807, 2.05) is 0 Å². The van der Waals surface area contributed by atoms with Gasteiger partial charge in [0.05, 0.1) is 10.2 Å². The molecular weight excluding hydrogens is 431 g/mol. The Morgan fingerprint density at radius 1 is 1.33 bits per heavy atom. The number of thiocarbonyl (C=S) groups is 1. The van der Waals surface area contributed by atoms with E-state index in [0.29, 0.717) is 45.2 Å². The first-order chi connectivity index (χ1) is 12.9. The molecule has 2 fully saturated rings. The van der Waals surface area contributed by atoms with Crippen LogP contribution < -0.4 is 9.80 Å². The number of amides is 1. The zero-order chi connectivity index (χ0) is 19.3. The second-order valence-electron chi connectivity index (χ2n) is 6.69. The number of aromatic nitrogens is 1. The van der Waals surface area contributed by atoms with E-state index in [2.05, 4.69) is 25.8 Å². The molecular formula is C19H14BrFN4OS. The predicted octanol–water partition coefficient (Wildman–Crippen LogP) is 4.90. The molecule has 4 rings (SSSR count). The minimum absolute atomic E-state index is 0.126. The number of hydrogen-bond acceptors (Lipinski definition) is 3. The largest absolute Gasteiger partial charge is 0.360 e. The molecule has 0 unspecified atom stereocenters. The minimum atomic E-state index is -0.774. The van der Waals surface area contributed by atoms with Crippen LogP contribution in [0.3, 0.4) is 0 Å². The molecule has 27 heavy (non-hydrogen) atoms. The number of nitrogens with zero attached hydrogens (tertiary/aromatic N) is 4. The van der Waals surface area contributed by atoms with Crippen LogP contribution in [0.1, 0.15) is 24.8 Å². The molecule has 2 aromatic rings. The van der Waals surface area contributed by atoms with Crippen molar-refractivity contribution >= 4 is 56.4 Å². The minimum Gasteiger partial charge on any atom is -0.360 e. The average Bonchev–Trinajstić information content (AvgIpc) is 2.84. The van der Waals surface area contributed by atoms with Gasteiger partial charge in [0.1, 0.15) is 17.6 Å². The lowest BCUT2D eigenvalue weighted by molar-refractivity contribution is -0.123. The van der Waals surface area contributed by atoms with Crippen LogP contribution in [-0.2, 0) is 4.79 Å². The molecule has 1 saturated carbocycles. The smallest absolute Gasteiger partial charge is 0.272 e. The standard InChI is InChI=1S/C19H14BrFN4OS/c1-11-8-13(10-23-16(11)22-2)24-17(26)19(6-3-7-19)25(18(24)27)12-4-5-14(20)15(21)9-12/h4-5,8-10H,3,6-7H2,1H3. The molecule has 1 aromatic carbocycles. The van der Waals surface area contributed by atoms with Crippen molar-refractivity contribution in [3.8, 4) is 0 Å². The fourth-order valence-corrected chi connectivity index (χ4v) is 4.34. The van der Waals surface area contributed by atoms with E-state index in [9.17, 15) is 9.18 Å². The van der Waals surface area contributed by atoms with Crippen molar-refractivity contribution < 1.29 is 9.18 Å². The summed E-state index contributed by atoms with van der Waals surface area (Å²) in [6.45, 7) is 8.91. The number of benzene rings is 1. The van der Waals surface area contributed by atoms with E-state index in [1.54, 1.807) is 30.0 Å². The first kappa shape index (κ1) is 18.0. The molecule has 0 atom stereocenters. The molecule has 2 aliphatic rings. The fraction of sp³-hybridized carbons (Fsp3) is 0.263. The summed E-state index contributed by atoms with van der Waals surface area (Å²) in [7, 11) is 0. The van der Waals surface area contributed by atoms with Gasteiger partial charge < -0.3 is 9.74 Å². The van der Waals surface area contributed by atoms with Crippen molar-refractivity contribution in [2.45, 2.75) is 31.7 Å². The van der Waals surface area contributed by atoms with E-state index in [1.165, 1.54) is 17.2 Å². The highest BCUT2D eigenvalue weighted by Crippen LogP contribution is 2.48. The summed E-state index contributed by atoms with van der Waals surface area (Å²) in [6.07, 6.45) is 3.72. The van der Waals surface area contributed by atoms with Crippen LogP contribution in [0.4, 0.5) is 21.6 Å². The highest BCUT2D eigenvalue weighted by atomic mass is 79.9. The number of aryl methyl sites for hydroxylation is 1. The van der Waals surface area contributed by atoms with Gasteiger partial charge in [0, 0.05) is 5.69 Å². The normalized spacial score (nSPS) is 18.0. The zero-order valence-corrected chi connectivity index (χ0v) is 16.8. The topological polar surface area (TPSA) is 40.8 Å². The number of carbonyl (C=O) groups is 1. The van der Waals surface area contributed by atoms with Gasteiger partial charge in [-0.3, -0.25) is 9.69 Å². The van der Waals surface area contributed by atoms with Gasteiger partial charge in [-0.25, -0.2) is 4.39 Å². The molecule has 1 amide bonds. The molecule has 1 aromatic heterocycles. The van der Waals surface area contributed by atoms with E-state index in [-0.39, 0.29) is 5.91 Å². The van der Waals surface area contributed by atoms with Gasteiger partial charge in [0.15, 0.2) is 5.11 Å². The average molecular weight is 445 g/mol. The highest BCUT2D eigenvalue weighted by molar-refractivity contribution is 9.10. The number of rotatable bonds is 2. The maximum absolute atomic E-state index is 14.1. The second-order valence-corrected chi connectivity index (χ2v) is 7.91. The lowest BCUT2D eigenvalue weighted by Gasteiger charge is -2.43. The number of pyridine rings is 1. The third-order valence-electron chi connectivity index (χ3n) is 5.15. The maximum atomic E-state index is 14.1. The van der Waals surface area contributed by atoms with Crippen molar-refractivity contribution in [3.63, 3.8) is 0 Å². The van der Waals surface area contributed by atoms with Crippen molar-refractivity contribution in [2.24, 2.45) is 0 Å². The molecule has 0 N–H and O–H groups in total. The van der Waals surface area contributed by atoms with Crippen LogP contribution >= 0.6 is 28.1 Å². The number of hydrogen-bond donors (Lipinski definition) is 0. The van der Waals surface area contributed by atoms with Crippen molar-refractivity contribution in [1.82, 2.24) is 4.98 Å². The van der Waals surface area contributed by atoms with E-state index in [4.69, 9.17) is 18.8 Å². The third kappa shape index (κ3) is 2.57. The van der Waals surface area contributed by atoms with Crippen LogP contribution in [-0.4, -0.2) is 21.5 Å². The lowest BCUT2D eigenvalue weighted by atomic mass is 9.75. The summed E-state index contributed by atoms with van der Waals surface area (Å²) < 4.78 is 14.5. The summed E-state index contributed by atoms with van der Waals surface area (Å²) in [5, 5.41) is 0.304. The summed E-state index contributed by atoms with van der Waals surface area (Å²) in [4.78, 5) is 24.0. The first-order valence-electron chi connectivity index (χ1n) is 8.37. The quantitative estimate of drug-likeness (QED) is 0.487. The Morgan fingerprint density at radius 3 is 2.63 bits per heavy atom. The van der Waals surface area contributed by atoms with Gasteiger partial charge in [0.2, 0.25) is 0 Å². The van der Waals surface area contributed by atoms with Crippen LogP contribution in [0.15, 0.2) is 34.9 Å². The molecule has 0 bridgehead atoms. The lowest BCUT2D eigenvalue weighted by Crippen LogP contribution is -2.55. The third-order valence-corrected chi connectivity index (χ3v) is 6.16. The Kier molecular flexibility index (Phi) is 4.24. The summed E-state index contributed by atoms with van der Waals surface area (Å²) in [6, 6.07) is 6.49. The van der Waals surface area contributed by atoms with Gasteiger partial charge in [-0.15, -0.1) is 4.98 Å². The Balaban J connectivity index is 1.81. The van der Waals surface area contributed by atoms with Crippen LogP contribution in [0.5, 0.6) is 0 Å². The SMILES string of the molecule is [C-]#[N+]c1ncc(N2C(=O)C3(CCC3)N(c3ccc(Br)c(F)c3)C2=S)cc1C. The first-order valence-corrected chi connectivity index (χ1v) is 9.57. The monoisotopic (exact) mass is 444 g/mol. The summed E-state index contributed by atoms with van der Waals surface area (Å²) in [5.41, 5.74) is 0.984. The zero-order valence-electron chi connectivity index (χ0n) is 14.4. The van der Waals surface area contributed by atoms with Crippen LogP contribution in [0, 0.1) is 19.3 Å². The van der Waals surface area contributed by atoms with E-state index < -0.39 is 11.4 Å². The van der Waals surface area contributed by atoms with Gasteiger partial charge >= 0.3 is 0 Å². The maximum Gasteiger partial charge on any atom is 0.272 e. The fourth-order valence-electron chi connectivity index (χ4n) is 3.62. The van der Waals surface area contributed by atoms with Crippen molar-refractivity contribution in [3.05, 3.63) is 57.7 Å². The number of anilines is 2. The molecule has 1 spiro atoms. The van der Waals surface area contributed by atoms with Crippen molar-refractivity contribution in [2.75, 3.05) is 9.80 Å². The Bertz CT molecular complexity index is 1030. The van der Waals surface area contributed by atoms with Crippen LogP contribution in [0.25, 0.3) is 4.85 Å². The Morgan fingerprint density at radius 2 is 2.07 bits per heavy atom. The highest BCUT2D eigenvalue weighted by Gasteiger charge is 2.59. The van der Waals surface area contributed by atoms with E-state index in [0.717, 1.165) is 6.42 Å². The van der Waals surface area contributed by atoms with Gasteiger partial charge in [-0.05, 0) is 84.2 Å². The molecule has 136 valence electrons.